The lowest BCUT2D eigenvalue weighted by molar-refractivity contribution is -0.132. The summed E-state index contributed by atoms with van der Waals surface area (Å²) in [5.74, 6) is -0.373. The van der Waals surface area contributed by atoms with Gasteiger partial charge >= 0.3 is 0 Å². The number of alkyl halides is 2. The van der Waals surface area contributed by atoms with Crippen molar-refractivity contribution in [3.63, 3.8) is 0 Å². The minimum absolute atomic E-state index is 0.109. The summed E-state index contributed by atoms with van der Waals surface area (Å²) in [5.41, 5.74) is -1.03. The molecule has 0 spiro atoms. The molecule has 5 rings (SSSR count). The predicted octanol–water partition coefficient (Wildman–Crippen LogP) is 5.25. The molecule has 10 heteroatoms. The molecule has 39 heavy (non-hydrogen) atoms. The van der Waals surface area contributed by atoms with Crippen molar-refractivity contribution in [3.8, 4) is 5.75 Å². The average molecular weight is 556 g/mol. The number of para-hydroxylation sites is 1. The first-order chi connectivity index (χ1) is 18.7. The van der Waals surface area contributed by atoms with Crippen LogP contribution in [0.1, 0.15) is 59.3 Å². The van der Waals surface area contributed by atoms with Gasteiger partial charge in [-0.2, -0.15) is 0 Å². The highest BCUT2D eigenvalue weighted by Gasteiger charge is 2.51. The van der Waals surface area contributed by atoms with Gasteiger partial charge in [-0.3, -0.25) is 14.6 Å². The second-order valence-electron chi connectivity index (χ2n) is 9.95. The standard InChI is InChI=1S/C29H28ClF2N3O4/c1-39-21-6-4-5-18(13-21)29(38)23-7-2-3-8-24(23)35(28(29)37)16-17-9-11-20(12-10-17)34-27(36)22-14-19(30)15-33-25(22)26(31)32/h2-8,13-15,17,20,26,38H,9-12,16H2,1H3,(H,34,36). The van der Waals surface area contributed by atoms with Gasteiger partial charge in [0.1, 0.15) is 11.4 Å². The second kappa shape index (κ2) is 10.9. The lowest BCUT2D eigenvalue weighted by Gasteiger charge is -2.32. The van der Waals surface area contributed by atoms with Crippen LogP contribution in [-0.2, 0) is 10.4 Å². The number of ether oxygens (including phenoxy) is 1. The Kier molecular flexibility index (Phi) is 7.55. The van der Waals surface area contributed by atoms with Crippen molar-refractivity contribution in [1.29, 1.82) is 0 Å². The van der Waals surface area contributed by atoms with Crippen LogP contribution in [0.3, 0.4) is 0 Å². The Morgan fingerprint density at radius 1 is 1.18 bits per heavy atom. The monoisotopic (exact) mass is 555 g/mol. The molecule has 2 aliphatic rings. The molecule has 1 fully saturated rings. The minimum atomic E-state index is -2.89. The van der Waals surface area contributed by atoms with Gasteiger partial charge in [0.25, 0.3) is 18.2 Å². The van der Waals surface area contributed by atoms with Crippen molar-refractivity contribution >= 4 is 29.1 Å². The van der Waals surface area contributed by atoms with Crippen molar-refractivity contribution in [2.24, 2.45) is 5.92 Å². The number of amides is 2. The molecule has 2 amide bonds. The van der Waals surface area contributed by atoms with Crippen molar-refractivity contribution in [1.82, 2.24) is 10.3 Å². The van der Waals surface area contributed by atoms with E-state index in [2.05, 4.69) is 10.3 Å². The highest BCUT2D eigenvalue weighted by molar-refractivity contribution is 6.30. The largest absolute Gasteiger partial charge is 0.497 e. The van der Waals surface area contributed by atoms with Gasteiger partial charge in [0.2, 0.25) is 0 Å². The first-order valence-corrected chi connectivity index (χ1v) is 13.1. The number of rotatable bonds is 7. The number of fused-ring (bicyclic) bond motifs is 1. The van der Waals surface area contributed by atoms with Crippen LogP contribution >= 0.6 is 11.6 Å². The molecule has 1 atom stereocenters. The molecule has 2 N–H and O–H groups in total. The van der Waals surface area contributed by atoms with Crippen LogP contribution < -0.4 is 15.0 Å². The van der Waals surface area contributed by atoms with Crippen LogP contribution in [0, 0.1) is 5.92 Å². The van der Waals surface area contributed by atoms with Gasteiger partial charge in [-0.25, -0.2) is 8.78 Å². The Morgan fingerprint density at radius 2 is 1.92 bits per heavy atom. The number of pyridine rings is 1. The van der Waals surface area contributed by atoms with E-state index in [9.17, 15) is 23.5 Å². The van der Waals surface area contributed by atoms with Crippen LogP contribution in [0.25, 0.3) is 0 Å². The van der Waals surface area contributed by atoms with E-state index in [1.54, 1.807) is 41.3 Å². The summed E-state index contributed by atoms with van der Waals surface area (Å²) in [6, 6.07) is 15.1. The van der Waals surface area contributed by atoms with E-state index < -0.39 is 29.5 Å². The van der Waals surface area contributed by atoms with E-state index in [-0.39, 0.29) is 22.5 Å². The molecule has 1 saturated carbocycles. The highest BCUT2D eigenvalue weighted by atomic mass is 35.5. The molecule has 1 aromatic heterocycles. The smallest absolute Gasteiger partial charge is 0.281 e. The van der Waals surface area contributed by atoms with Crippen molar-refractivity contribution < 1.29 is 28.2 Å². The normalized spacial score (nSPS) is 22.6. The number of carbonyl (C=O) groups excluding carboxylic acids is 2. The number of nitrogens with one attached hydrogen (secondary N) is 1. The molecule has 3 aromatic rings. The van der Waals surface area contributed by atoms with Crippen LogP contribution in [-0.4, -0.2) is 41.6 Å². The van der Waals surface area contributed by atoms with Gasteiger partial charge in [0.05, 0.1) is 23.4 Å². The van der Waals surface area contributed by atoms with Gasteiger partial charge in [0.15, 0.2) is 5.60 Å². The summed E-state index contributed by atoms with van der Waals surface area (Å²) in [4.78, 5) is 31.8. The summed E-state index contributed by atoms with van der Waals surface area (Å²) in [6.45, 7) is 0.413. The maximum absolute atomic E-state index is 13.7. The summed E-state index contributed by atoms with van der Waals surface area (Å²) >= 11 is 5.89. The summed E-state index contributed by atoms with van der Waals surface area (Å²) < 4.78 is 32.0. The Bertz CT molecular complexity index is 1400. The number of methoxy groups -OCH3 is 1. The Balaban J connectivity index is 1.27. The molecule has 2 aromatic carbocycles. The molecular formula is C29H28ClF2N3O4. The maximum Gasteiger partial charge on any atom is 0.281 e. The molecule has 2 heterocycles. The molecule has 0 saturated heterocycles. The number of aromatic nitrogens is 1. The number of carbonyl (C=O) groups is 2. The van der Waals surface area contributed by atoms with Crippen molar-refractivity contribution in [3.05, 3.63) is 88.2 Å². The quantitative estimate of drug-likeness (QED) is 0.415. The third-order valence-electron chi connectivity index (χ3n) is 7.59. The SMILES string of the molecule is COc1cccc(C2(O)C(=O)N(CC3CCC(NC(=O)c4cc(Cl)cnc4C(F)F)CC3)c3ccccc32)c1. The van der Waals surface area contributed by atoms with Crippen molar-refractivity contribution in [2.75, 3.05) is 18.6 Å². The van der Waals surface area contributed by atoms with Gasteiger partial charge in [0, 0.05) is 29.9 Å². The highest BCUT2D eigenvalue weighted by Crippen LogP contribution is 2.45. The zero-order valence-electron chi connectivity index (χ0n) is 21.2. The number of anilines is 1. The van der Waals surface area contributed by atoms with E-state index >= 15 is 0 Å². The maximum atomic E-state index is 13.7. The van der Waals surface area contributed by atoms with E-state index in [0.29, 0.717) is 54.8 Å². The first-order valence-electron chi connectivity index (χ1n) is 12.7. The molecule has 204 valence electrons. The first kappa shape index (κ1) is 27.0. The third kappa shape index (κ3) is 5.08. The lowest BCUT2D eigenvalue weighted by atomic mass is 9.85. The molecule has 1 aliphatic carbocycles. The molecule has 7 nitrogen and oxygen atoms in total. The van der Waals surface area contributed by atoms with E-state index in [0.717, 1.165) is 6.20 Å². The molecular weight excluding hydrogens is 528 g/mol. The number of aliphatic hydroxyl groups is 1. The van der Waals surface area contributed by atoms with Gasteiger partial charge in [-0.15, -0.1) is 0 Å². The lowest BCUT2D eigenvalue weighted by Crippen LogP contribution is -2.44. The van der Waals surface area contributed by atoms with E-state index in [1.165, 1.54) is 13.2 Å². The summed E-state index contributed by atoms with van der Waals surface area (Å²) in [5, 5.41) is 14.7. The van der Waals surface area contributed by atoms with Crippen LogP contribution in [0.15, 0.2) is 60.8 Å². The van der Waals surface area contributed by atoms with E-state index in [4.69, 9.17) is 16.3 Å². The summed E-state index contributed by atoms with van der Waals surface area (Å²) in [6.07, 6.45) is 0.873. The number of hydrogen-bond acceptors (Lipinski definition) is 5. The molecule has 0 bridgehead atoms. The minimum Gasteiger partial charge on any atom is -0.497 e. The second-order valence-corrected chi connectivity index (χ2v) is 10.4. The Morgan fingerprint density at radius 3 is 2.64 bits per heavy atom. The summed E-state index contributed by atoms with van der Waals surface area (Å²) in [7, 11) is 1.53. The fraction of sp³-hybridized carbons (Fsp3) is 0.345. The van der Waals surface area contributed by atoms with Crippen LogP contribution in [0.2, 0.25) is 5.02 Å². The fourth-order valence-corrected chi connectivity index (χ4v) is 5.72. The Hall–Kier alpha value is -3.56. The fourth-order valence-electron chi connectivity index (χ4n) is 5.56. The van der Waals surface area contributed by atoms with Gasteiger partial charge < -0.3 is 20.1 Å². The molecule has 1 unspecified atom stereocenters. The van der Waals surface area contributed by atoms with Crippen LogP contribution in [0.5, 0.6) is 5.75 Å². The zero-order valence-corrected chi connectivity index (χ0v) is 22.0. The van der Waals surface area contributed by atoms with Gasteiger partial charge in [-0.05, 0) is 55.9 Å². The van der Waals surface area contributed by atoms with Crippen LogP contribution in [0.4, 0.5) is 14.5 Å². The predicted molar refractivity (Wildman–Crippen MR) is 142 cm³/mol. The topological polar surface area (TPSA) is 91.8 Å². The Labute approximate surface area is 229 Å². The number of hydrogen-bond donors (Lipinski definition) is 2. The number of benzene rings is 2. The van der Waals surface area contributed by atoms with E-state index in [1.807, 2.05) is 12.1 Å². The third-order valence-corrected chi connectivity index (χ3v) is 7.79. The van der Waals surface area contributed by atoms with Gasteiger partial charge in [-0.1, -0.05) is 41.9 Å². The molecule has 1 aliphatic heterocycles. The number of halogens is 3. The molecule has 0 radical (unpaired) electrons. The van der Waals surface area contributed by atoms with Crippen molar-refractivity contribution in [2.45, 2.75) is 43.8 Å². The zero-order chi connectivity index (χ0) is 27.7. The number of nitrogens with zero attached hydrogens (tertiary/aromatic N) is 2. The average Bonchev–Trinajstić information content (AvgIpc) is 3.16.